The second-order valence-electron chi connectivity index (χ2n) is 7.12. The Balaban J connectivity index is 0.00000364. The molecule has 7 heteroatoms. The number of pyridine rings is 1. The highest BCUT2D eigenvalue weighted by atomic mass is 127. The third kappa shape index (κ3) is 8.64. The van der Waals surface area contributed by atoms with Gasteiger partial charge in [-0.1, -0.05) is 26.2 Å². The third-order valence-corrected chi connectivity index (χ3v) is 4.68. The predicted octanol–water partition coefficient (Wildman–Crippen LogP) is 3.56. The molecule has 1 aliphatic heterocycles. The average Bonchev–Trinajstić information content (AvgIpc) is 2.65. The van der Waals surface area contributed by atoms with Crippen molar-refractivity contribution in [2.75, 3.05) is 31.6 Å². The fourth-order valence-electron chi connectivity index (χ4n) is 3.16. The summed E-state index contributed by atoms with van der Waals surface area (Å²) in [7, 11) is 1.82. The molecule has 2 unspecified atom stereocenters. The molecular weight excluding hydrogens is 453 g/mol. The topological polar surface area (TPSA) is 61.8 Å². The van der Waals surface area contributed by atoms with Crippen LogP contribution in [-0.2, 0) is 11.3 Å². The van der Waals surface area contributed by atoms with Crippen molar-refractivity contribution in [2.24, 2.45) is 4.99 Å². The molecule has 2 atom stereocenters. The molecule has 2 heterocycles. The molecule has 1 saturated heterocycles. The Kier molecular flexibility index (Phi) is 11.7. The molecule has 1 aromatic heterocycles. The van der Waals surface area contributed by atoms with Crippen molar-refractivity contribution >= 4 is 35.8 Å². The number of halogens is 1. The summed E-state index contributed by atoms with van der Waals surface area (Å²) in [4.78, 5) is 11.2. The molecule has 1 fully saturated rings. The van der Waals surface area contributed by atoms with E-state index in [0.717, 1.165) is 38.0 Å². The molecule has 0 bridgehead atoms. The smallest absolute Gasteiger partial charge is 0.191 e. The van der Waals surface area contributed by atoms with Gasteiger partial charge >= 0.3 is 0 Å². The zero-order valence-corrected chi connectivity index (χ0v) is 19.5. The van der Waals surface area contributed by atoms with Crippen LogP contribution in [0.1, 0.15) is 52.0 Å². The lowest BCUT2D eigenvalue weighted by Crippen LogP contribution is -2.42. The summed E-state index contributed by atoms with van der Waals surface area (Å²) in [5.74, 6) is 1.88. The summed E-state index contributed by atoms with van der Waals surface area (Å²) in [6.45, 7) is 9.84. The van der Waals surface area contributed by atoms with Crippen LogP contribution in [0, 0.1) is 0 Å². The van der Waals surface area contributed by atoms with Gasteiger partial charge in [0.2, 0.25) is 0 Å². The van der Waals surface area contributed by atoms with Crippen molar-refractivity contribution < 1.29 is 4.74 Å². The van der Waals surface area contributed by atoms with E-state index >= 15 is 0 Å². The molecule has 1 aromatic rings. The zero-order valence-electron chi connectivity index (χ0n) is 17.2. The number of guanidine groups is 1. The average molecular weight is 489 g/mol. The minimum absolute atomic E-state index is 0. The maximum atomic E-state index is 5.62. The van der Waals surface area contributed by atoms with Crippen LogP contribution in [0.15, 0.2) is 23.3 Å². The van der Waals surface area contributed by atoms with E-state index in [2.05, 4.69) is 58.4 Å². The van der Waals surface area contributed by atoms with Crippen molar-refractivity contribution in [2.45, 2.75) is 65.1 Å². The summed E-state index contributed by atoms with van der Waals surface area (Å²) >= 11 is 0. The van der Waals surface area contributed by atoms with Crippen molar-refractivity contribution in [1.29, 1.82) is 0 Å². The molecule has 6 nitrogen and oxygen atoms in total. The van der Waals surface area contributed by atoms with Crippen LogP contribution in [0.5, 0.6) is 0 Å². The van der Waals surface area contributed by atoms with E-state index in [4.69, 9.17) is 4.74 Å². The van der Waals surface area contributed by atoms with Crippen LogP contribution >= 0.6 is 24.0 Å². The number of ether oxygens (including phenoxy) is 1. The number of unbranched alkanes of at least 4 members (excludes halogenated alkanes) is 2. The molecule has 27 heavy (non-hydrogen) atoms. The van der Waals surface area contributed by atoms with Crippen LogP contribution in [0.25, 0.3) is 0 Å². The summed E-state index contributed by atoms with van der Waals surface area (Å²) in [5, 5.41) is 6.89. The lowest BCUT2D eigenvalue weighted by Gasteiger charge is -2.32. The van der Waals surface area contributed by atoms with Gasteiger partial charge in [0.05, 0.1) is 12.7 Å². The third-order valence-electron chi connectivity index (χ3n) is 4.68. The monoisotopic (exact) mass is 489 g/mol. The molecule has 0 saturated carbocycles. The summed E-state index contributed by atoms with van der Waals surface area (Å²) < 4.78 is 5.62. The van der Waals surface area contributed by atoms with Gasteiger partial charge < -0.3 is 20.3 Å². The lowest BCUT2D eigenvalue weighted by atomic mass is 10.1. The summed E-state index contributed by atoms with van der Waals surface area (Å²) in [6.07, 6.45) is 7.11. The number of rotatable bonds is 8. The predicted molar refractivity (Wildman–Crippen MR) is 124 cm³/mol. The standard InChI is InChI=1S/C20H35N5O.HI/c1-5-6-7-8-16(2)24-20(21-4)23-14-18-9-10-22-19(13-18)25-11-12-26-17(3)15-25;/h9-10,13,16-17H,5-8,11-12,14-15H2,1-4H3,(H2,21,23,24);1H. The second kappa shape index (κ2) is 13.1. The van der Waals surface area contributed by atoms with Gasteiger partial charge in [0, 0.05) is 38.9 Å². The van der Waals surface area contributed by atoms with Gasteiger partial charge in [-0.15, -0.1) is 24.0 Å². The fraction of sp³-hybridized carbons (Fsp3) is 0.700. The molecule has 1 aliphatic rings. The Morgan fingerprint density at radius 1 is 1.44 bits per heavy atom. The number of anilines is 1. The Bertz CT molecular complexity index is 569. The van der Waals surface area contributed by atoms with E-state index in [9.17, 15) is 0 Å². The quantitative estimate of drug-likeness (QED) is 0.253. The lowest BCUT2D eigenvalue weighted by molar-refractivity contribution is 0.0529. The number of aliphatic imine (C=N–C) groups is 1. The number of hydrogen-bond donors (Lipinski definition) is 2. The number of morpholine rings is 1. The van der Waals surface area contributed by atoms with Crippen LogP contribution in [0.2, 0.25) is 0 Å². The summed E-state index contributed by atoms with van der Waals surface area (Å²) in [6, 6.07) is 4.64. The van der Waals surface area contributed by atoms with Gasteiger partial charge in [-0.3, -0.25) is 4.99 Å². The Labute approximate surface area is 181 Å². The van der Waals surface area contributed by atoms with Gasteiger partial charge in [0.1, 0.15) is 5.82 Å². The number of nitrogens with zero attached hydrogens (tertiary/aromatic N) is 3. The minimum Gasteiger partial charge on any atom is -0.375 e. The van der Waals surface area contributed by atoms with Gasteiger partial charge in [-0.2, -0.15) is 0 Å². The van der Waals surface area contributed by atoms with Crippen LogP contribution in [0.4, 0.5) is 5.82 Å². The Morgan fingerprint density at radius 3 is 2.96 bits per heavy atom. The first kappa shape index (κ1) is 23.9. The molecule has 154 valence electrons. The molecule has 2 N–H and O–H groups in total. The Hall–Kier alpha value is -1.09. The maximum Gasteiger partial charge on any atom is 0.191 e. The van der Waals surface area contributed by atoms with E-state index in [1.165, 1.54) is 31.2 Å². The van der Waals surface area contributed by atoms with E-state index in [1.807, 2.05) is 13.2 Å². The number of aromatic nitrogens is 1. The highest BCUT2D eigenvalue weighted by molar-refractivity contribution is 14.0. The van der Waals surface area contributed by atoms with Crippen molar-refractivity contribution in [3.63, 3.8) is 0 Å². The van der Waals surface area contributed by atoms with Gasteiger partial charge in [0.15, 0.2) is 5.96 Å². The molecule has 0 amide bonds. The molecule has 0 aliphatic carbocycles. The fourth-order valence-corrected chi connectivity index (χ4v) is 3.16. The first-order valence-corrected chi connectivity index (χ1v) is 9.91. The second-order valence-corrected chi connectivity index (χ2v) is 7.12. The molecule has 0 spiro atoms. The minimum atomic E-state index is 0. The van der Waals surface area contributed by atoms with E-state index in [-0.39, 0.29) is 30.1 Å². The number of hydrogen-bond acceptors (Lipinski definition) is 4. The highest BCUT2D eigenvalue weighted by Crippen LogP contribution is 2.16. The first-order valence-electron chi connectivity index (χ1n) is 9.91. The van der Waals surface area contributed by atoms with Gasteiger partial charge in [0.25, 0.3) is 0 Å². The van der Waals surface area contributed by atoms with Crippen molar-refractivity contribution in [3.8, 4) is 0 Å². The van der Waals surface area contributed by atoms with Crippen molar-refractivity contribution in [3.05, 3.63) is 23.9 Å². The number of nitrogens with one attached hydrogen (secondary N) is 2. The first-order chi connectivity index (χ1) is 12.6. The van der Waals surface area contributed by atoms with Crippen LogP contribution < -0.4 is 15.5 Å². The van der Waals surface area contributed by atoms with Gasteiger partial charge in [-0.05, 0) is 38.0 Å². The molecule has 0 radical (unpaired) electrons. The van der Waals surface area contributed by atoms with Crippen molar-refractivity contribution in [1.82, 2.24) is 15.6 Å². The molecule has 0 aromatic carbocycles. The van der Waals surface area contributed by atoms with E-state index in [0.29, 0.717) is 6.04 Å². The van der Waals surface area contributed by atoms with Crippen LogP contribution in [-0.4, -0.2) is 49.8 Å². The molecule has 2 rings (SSSR count). The zero-order chi connectivity index (χ0) is 18.8. The molecular formula is C20H36IN5O. The van der Waals surface area contributed by atoms with E-state index in [1.54, 1.807) is 0 Å². The van der Waals surface area contributed by atoms with Gasteiger partial charge in [-0.25, -0.2) is 4.98 Å². The summed E-state index contributed by atoms with van der Waals surface area (Å²) in [5.41, 5.74) is 1.20. The normalized spacial score (nSPS) is 18.6. The van der Waals surface area contributed by atoms with Crippen LogP contribution in [0.3, 0.4) is 0 Å². The largest absolute Gasteiger partial charge is 0.375 e. The SMILES string of the molecule is CCCCCC(C)NC(=NC)NCc1ccnc(N2CCOC(C)C2)c1.I. The Morgan fingerprint density at radius 2 is 2.26 bits per heavy atom. The maximum absolute atomic E-state index is 5.62. The van der Waals surface area contributed by atoms with E-state index < -0.39 is 0 Å². The highest BCUT2D eigenvalue weighted by Gasteiger charge is 2.18.